The van der Waals surface area contributed by atoms with Crippen molar-refractivity contribution in [2.75, 3.05) is 12.3 Å². The molecule has 2 aromatic heterocycles. The van der Waals surface area contributed by atoms with E-state index in [0.717, 1.165) is 6.07 Å². The number of hydrogen-bond acceptors (Lipinski definition) is 5. The molecule has 0 saturated carbocycles. The summed E-state index contributed by atoms with van der Waals surface area (Å²) >= 11 is 7.92. The van der Waals surface area contributed by atoms with Crippen LogP contribution in [0, 0.1) is 9.52 Å². The average Bonchev–Trinajstić information content (AvgIpc) is 2.85. The molecule has 0 radical (unpaired) electrons. The number of aromatic nitrogens is 4. The molecule has 1 amide bonds. The van der Waals surface area contributed by atoms with Gasteiger partial charge in [0.25, 0.3) is 5.91 Å². The highest BCUT2D eigenvalue weighted by atomic mass is 127. The highest BCUT2D eigenvalue weighted by molar-refractivity contribution is 14.1. The Kier molecular flexibility index (Phi) is 4.81. The van der Waals surface area contributed by atoms with Crippen molar-refractivity contribution in [2.24, 2.45) is 0 Å². The minimum atomic E-state index is -0.494. The molecule has 124 valence electrons. The van der Waals surface area contributed by atoms with E-state index in [9.17, 15) is 9.18 Å². The standard InChI is InChI=1S/C14H11ClFIN6O/c15-9-5-7(16)1-2-8(9)14(24)19-3-4-23-13-10(11(17)22-23)12(18)20-6-21-13/h1-2,5-6H,3-4H2,(H,19,24)(H2,18,20,21). The van der Waals surface area contributed by atoms with Crippen molar-refractivity contribution in [2.45, 2.75) is 6.54 Å². The molecule has 7 nitrogen and oxygen atoms in total. The molecule has 3 N–H and O–H groups in total. The van der Waals surface area contributed by atoms with Crippen LogP contribution in [-0.2, 0) is 6.54 Å². The average molecular weight is 461 g/mol. The van der Waals surface area contributed by atoms with Gasteiger partial charge in [-0.05, 0) is 40.8 Å². The summed E-state index contributed by atoms with van der Waals surface area (Å²) in [5, 5.41) is 7.80. The van der Waals surface area contributed by atoms with E-state index in [-0.39, 0.29) is 16.5 Å². The molecule has 0 aliphatic rings. The third-order valence-corrected chi connectivity index (χ3v) is 4.37. The Balaban J connectivity index is 1.71. The number of rotatable bonds is 4. The van der Waals surface area contributed by atoms with Crippen molar-refractivity contribution in [1.82, 2.24) is 25.1 Å². The van der Waals surface area contributed by atoms with Gasteiger partial charge < -0.3 is 11.1 Å². The fraction of sp³-hybridized carbons (Fsp3) is 0.143. The van der Waals surface area contributed by atoms with Crippen LogP contribution < -0.4 is 11.1 Å². The van der Waals surface area contributed by atoms with Crippen molar-refractivity contribution in [3.8, 4) is 0 Å². The van der Waals surface area contributed by atoms with E-state index in [2.05, 4.69) is 43.0 Å². The third kappa shape index (κ3) is 3.26. The van der Waals surface area contributed by atoms with Gasteiger partial charge in [-0.3, -0.25) is 4.79 Å². The maximum atomic E-state index is 13.0. The van der Waals surface area contributed by atoms with Gasteiger partial charge in [-0.1, -0.05) is 11.6 Å². The maximum Gasteiger partial charge on any atom is 0.252 e. The lowest BCUT2D eigenvalue weighted by Gasteiger charge is -2.07. The van der Waals surface area contributed by atoms with Crippen molar-refractivity contribution in [3.05, 3.63) is 44.6 Å². The first-order chi connectivity index (χ1) is 11.5. The number of nitrogens with two attached hydrogens (primary N) is 1. The summed E-state index contributed by atoms with van der Waals surface area (Å²) in [6.45, 7) is 0.684. The summed E-state index contributed by atoms with van der Waals surface area (Å²) < 4.78 is 15.3. The predicted octanol–water partition coefficient (Wildman–Crippen LogP) is 2.24. The normalized spacial score (nSPS) is 11.0. The number of fused-ring (bicyclic) bond motifs is 1. The van der Waals surface area contributed by atoms with Crippen LogP contribution in [0.3, 0.4) is 0 Å². The largest absolute Gasteiger partial charge is 0.383 e. The van der Waals surface area contributed by atoms with E-state index >= 15 is 0 Å². The molecule has 2 heterocycles. The Morgan fingerprint density at radius 3 is 2.96 bits per heavy atom. The van der Waals surface area contributed by atoms with Gasteiger partial charge in [0.2, 0.25) is 0 Å². The van der Waals surface area contributed by atoms with E-state index in [4.69, 9.17) is 17.3 Å². The number of benzene rings is 1. The molecule has 10 heteroatoms. The van der Waals surface area contributed by atoms with Crippen LogP contribution in [-0.4, -0.2) is 32.2 Å². The third-order valence-electron chi connectivity index (χ3n) is 3.30. The van der Waals surface area contributed by atoms with Crippen LogP contribution in [0.4, 0.5) is 10.2 Å². The van der Waals surface area contributed by atoms with Gasteiger partial charge in [0.05, 0.1) is 22.5 Å². The Bertz CT molecular complexity index is 931. The molecule has 0 aliphatic carbocycles. The molecule has 0 fully saturated rings. The van der Waals surface area contributed by atoms with Crippen LogP contribution in [0.5, 0.6) is 0 Å². The first-order valence-electron chi connectivity index (χ1n) is 6.83. The molecule has 0 saturated heterocycles. The number of nitrogens with one attached hydrogen (secondary N) is 1. The first-order valence-corrected chi connectivity index (χ1v) is 8.29. The fourth-order valence-corrected chi connectivity index (χ4v) is 3.22. The predicted molar refractivity (Wildman–Crippen MR) is 96.2 cm³/mol. The summed E-state index contributed by atoms with van der Waals surface area (Å²) in [4.78, 5) is 20.2. The first kappa shape index (κ1) is 16.8. The number of nitrogen functional groups attached to an aromatic ring is 1. The SMILES string of the molecule is Nc1ncnc2c1c(I)nn2CCNC(=O)c1ccc(F)cc1Cl. The molecule has 0 spiro atoms. The van der Waals surface area contributed by atoms with Crippen LogP contribution >= 0.6 is 34.2 Å². The summed E-state index contributed by atoms with van der Waals surface area (Å²) in [7, 11) is 0. The smallest absolute Gasteiger partial charge is 0.252 e. The molecule has 0 aliphatic heterocycles. The van der Waals surface area contributed by atoms with Gasteiger partial charge in [0.15, 0.2) is 5.65 Å². The molecular formula is C14H11ClFIN6O. The lowest BCUT2D eigenvalue weighted by atomic mass is 10.2. The number of anilines is 1. The monoisotopic (exact) mass is 460 g/mol. The summed E-state index contributed by atoms with van der Waals surface area (Å²) in [5.41, 5.74) is 6.64. The summed E-state index contributed by atoms with van der Waals surface area (Å²) in [6, 6.07) is 3.62. The molecule has 3 rings (SSSR count). The fourth-order valence-electron chi connectivity index (χ4n) is 2.19. The molecular weight excluding hydrogens is 450 g/mol. The minimum Gasteiger partial charge on any atom is -0.383 e. The number of carbonyl (C=O) groups excluding carboxylic acids is 1. The highest BCUT2D eigenvalue weighted by Crippen LogP contribution is 2.22. The molecule has 0 unspecified atom stereocenters. The zero-order valence-electron chi connectivity index (χ0n) is 12.1. The van der Waals surface area contributed by atoms with Crippen molar-refractivity contribution >= 4 is 57.0 Å². The Morgan fingerprint density at radius 1 is 1.42 bits per heavy atom. The van der Waals surface area contributed by atoms with Gasteiger partial charge in [-0.15, -0.1) is 0 Å². The maximum absolute atomic E-state index is 13.0. The van der Waals surface area contributed by atoms with Crippen molar-refractivity contribution in [1.29, 1.82) is 0 Å². The molecule has 0 bridgehead atoms. The van der Waals surface area contributed by atoms with E-state index < -0.39 is 5.82 Å². The molecule has 3 aromatic rings. The van der Waals surface area contributed by atoms with Crippen LogP contribution in [0.15, 0.2) is 24.5 Å². The van der Waals surface area contributed by atoms with Gasteiger partial charge in [0, 0.05) is 6.54 Å². The zero-order chi connectivity index (χ0) is 17.3. The number of nitrogens with zero attached hydrogens (tertiary/aromatic N) is 4. The topological polar surface area (TPSA) is 98.7 Å². The van der Waals surface area contributed by atoms with Gasteiger partial charge in [-0.25, -0.2) is 19.0 Å². The highest BCUT2D eigenvalue weighted by Gasteiger charge is 2.14. The Labute approximate surface area is 154 Å². The number of halogens is 3. The Hall–Kier alpha value is -2.01. The molecule has 0 atom stereocenters. The van der Waals surface area contributed by atoms with Gasteiger partial charge in [0.1, 0.15) is 21.7 Å². The van der Waals surface area contributed by atoms with Crippen LogP contribution in [0.2, 0.25) is 5.02 Å². The van der Waals surface area contributed by atoms with Gasteiger partial charge >= 0.3 is 0 Å². The van der Waals surface area contributed by atoms with Crippen molar-refractivity contribution in [3.63, 3.8) is 0 Å². The molecule has 24 heavy (non-hydrogen) atoms. The zero-order valence-corrected chi connectivity index (χ0v) is 15.0. The minimum absolute atomic E-state index is 0.0621. The number of hydrogen-bond donors (Lipinski definition) is 2. The van der Waals surface area contributed by atoms with E-state index in [1.807, 2.05) is 0 Å². The van der Waals surface area contributed by atoms with Crippen LogP contribution in [0.25, 0.3) is 11.0 Å². The van der Waals surface area contributed by atoms with Crippen LogP contribution in [0.1, 0.15) is 10.4 Å². The lowest BCUT2D eigenvalue weighted by Crippen LogP contribution is -2.27. The van der Waals surface area contributed by atoms with Crippen molar-refractivity contribution < 1.29 is 9.18 Å². The lowest BCUT2D eigenvalue weighted by molar-refractivity contribution is 0.0952. The van der Waals surface area contributed by atoms with E-state index in [1.165, 1.54) is 18.5 Å². The number of carbonyl (C=O) groups is 1. The molecule has 1 aromatic carbocycles. The quantitative estimate of drug-likeness (QED) is 0.582. The second-order valence-corrected chi connectivity index (χ2v) is 6.28. The number of amides is 1. The summed E-state index contributed by atoms with van der Waals surface area (Å²) in [6.07, 6.45) is 1.36. The van der Waals surface area contributed by atoms with Gasteiger partial charge in [-0.2, -0.15) is 5.10 Å². The Morgan fingerprint density at radius 2 is 2.21 bits per heavy atom. The second-order valence-electron chi connectivity index (χ2n) is 4.85. The van der Waals surface area contributed by atoms with E-state index in [0.29, 0.717) is 33.6 Å². The van der Waals surface area contributed by atoms with E-state index in [1.54, 1.807) is 4.68 Å². The second kappa shape index (κ2) is 6.85. The summed E-state index contributed by atoms with van der Waals surface area (Å²) in [5.74, 6) is -0.524.